The van der Waals surface area contributed by atoms with Crippen molar-refractivity contribution in [2.24, 2.45) is 0 Å². The maximum atomic E-state index is 2.55. The van der Waals surface area contributed by atoms with E-state index in [9.17, 15) is 0 Å². The molecule has 0 fully saturated rings. The van der Waals surface area contributed by atoms with Crippen molar-refractivity contribution >= 4 is 70.6 Å². The van der Waals surface area contributed by atoms with Gasteiger partial charge in [0.2, 0.25) is 0 Å². The smallest absolute Gasteiger partial charge is 0.112 e. The van der Waals surface area contributed by atoms with Crippen molar-refractivity contribution in [3.8, 4) is 0 Å². The fourth-order valence-electron chi connectivity index (χ4n) is 2.67. The zero-order valence-electron chi connectivity index (χ0n) is 12.6. The minimum atomic E-state index is 1.07. The summed E-state index contributed by atoms with van der Waals surface area (Å²) in [5, 5.41) is 5.95. The molecule has 0 aliphatic carbocycles. The maximum absolute atomic E-state index is 2.55. The Balaban J connectivity index is 1.70. The molecule has 4 aliphatic heterocycles. The summed E-state index contributed by atoms with van der Waals surface area (Å²) in [5.41, 5.74) is 0. The molecule has 0 saturated carbocycles. The molecule has 4 heterocycles. The highest BCUT2D eigenvalue weighted by Crippen LogP contribution is 2.60. The van der Waals surface area contributed by atoms with E-state index in [1.807, 2.05) is 70.6 Å². The molecule has 0 unspecified atom stereocenters. The van der Waals surface area contributed by atoms with Crippen LogP contribution in [0.2, 0.25) is 0 Å². The van der Waals surface area contributed by atoms with Crippen LogP contribution in [0.25, 0.3) is 0 Å². The van der Waals surface area contributed by atoms with Crippen LogP contribution in [0.1, 0.15) is 13.8 Å². The second-order valence-corrected chi connectivity index (χ2v) is 11.8. The monoisotopic (exact) mass is 406 g/mol. The highest BCUT2D eigenvalue weighted by molar-refractivity contribution is 8.28. The Labute approximate surface area is 158 Å². The number of hydrogen-bond acceptors (Lipinski definition) is 8. The SMILES string of the molecule is CCN1C2=C(SCCS2)S/C1=C1/SC2=C(SCCS2)N1CC. The van der Waals surface area contributed by atoms with Crippen LogP contribution >= 0.6 is 70.6 Å². The predicted molar refractivity (Wildman–Crippen MR) is 111 cm³/mol. The average molecular weight is 407 g/mol. The van der Waals surface area contributed by atoms with Gasteiger partial charge in [0.15, 0.2) is 0 Å². The molecule has 0 N–H and O–H groups in total. The predicted octanol–water partition coefficient (Wildman–Crippen LogP) is 5.46. The Kier molecular flexibility index (Phi) is 5.24. The zero-order valence-corrected chi connectivity index (χ0v) is 17.5. The van der Waals surface area contributed by atoms with Crippen molar-refractivity contribution in [1.82, 2.24) is 9.80 Å². The van der Waals surface area contributed by atoms with Crippen LogP contribution in [0.3, 0.4) is 0 Å². The molecule has 0 aromatic heterocycles. The first-order valence-corrected chi connectivity index (χ1v) is 13.1. The standard InChI is InChI=1S/C14H18N2S6/c1-3-15-9(21-13-11(15)17-5-7-19-13)10-16(4-2)12-14(22-10)20-8-6-18-12/h3-8H2,1-2H3/b10-9+. The lowest BCUT2D eigenvalue weighted by Gasteiger charge is -2.27. The van der Waals surface area contributed by atoms with Gasteiger partial charge in [-0.3, -0.25) is 0 Å². The van der Waals surface area contributed by atoms with Gasteiger partial charge >= 0.3 is 0 Å². The van der Waals surface area contributed by atoms with E-state index < -0.39 is 0 Å². The van der Waals surface area contributed by atoms with Crippen molar-refractivity contribution in [3.63, 3.8) is 0 Å². The molecule has 4 aliphatic rings. The van der Waals surface area contributed by atoms with Gasteiger partial charge in [-0.15, -0.1) is 47.0 Å². The van der Waals surface area contributed by atoms with E-state index in [-0.39, 0.29) is 0 Å². The maximum Gasteiger partial charge on any atom is 0.112 e. The lowest BCUT2D eigenvalue weighted by atomic mass is 10.5. The quantitative estimate of drug-likeness (QED) is 0.588. The van der Waals surface area contributed by atoms with Crippen LogP contribution in [0.5, 0.6) is 0 Å². The van der Waals surface area contributed by atoms with Gasteiger partial charge in [-0.2, -0.15) is 0 Å². The molecule has 4 rings (SSSR count). The van der Waals surface area contributed by atoms with E-state index in [0.717, 1.165) is 13.1 Å². The van der Waals surface area contributed by atoms with E-state index in [0.29, 0.717) is 0 Å². The van der Waals surface area contributed by atoms with E-state index in [1.54, 1.807) is 0 Å². The van der Waals surface area contributed by atoms with E-state index in [1.165, 1.54) is 51.6 Å². The summed E-state index contributed by atoms with van der Waals surface area (Å²) < 4.78 is 3.06. The largest absolute Gasteiger partial charge is 0.327 e. The molecular weight excluding hydrogens is 389 g/mol. The fourth-order valence-corrected chi connectivity index (χ4v) is 11.1. The Morgan fingerprint density at radius 1 is 0.636 bits per heavy atom. The topological polar surface area (TPSA) is 6.48 Å². The first kappa shape index (κ1) is 16.4. The Hall–Kier alpha value is 0.920. The molecule has 0 radical (unpaired) electrons. The summed E-state index contributed by atoms with van der Waals surface area (Å²) in [5.74, 6) is 4.99. The third kappa shape index (κ3) is 2.75. The summed E-state index contributed by atoms with van der Waals surface area (Å²) in [6.45, 7) is 6.70. The third-order valence-electron chi connectivity index (χ3n) is 3.63. The first-order valence-electron chi connectivity index (χ1n) is 7.48. The molecule has 0 spiro atoms. The van der Waals surface area contributed by atoms with Crippen molar-refractivity contribution in [3.05, 3.63) is 28.6 Å². The van der Waals surface area contributed by atoms with Crippen LogP contribution < -0.4 is 0 Å². The van der Waals surface area contributed by atoms with Gasteiger partial charge in [0, 0.05) is 36.1 Å². The van der Waals surface area contributed by atoms with Gasteiger partial charge in [-0.25, -0.2) is 0 Å². The number of thioether (sulfide) groups is 6. The number of nitrogens with zero attached hydrogens (tertiary/aromatic N) is 2. The van der Waals surface area contributed by atoms with E-state index in [4.69, 9.17) is 0 Å². The highest BCUT2D eigenvalue weighted by atomic mass is 32.2. The minimum Gasteiger partial charge on any atom is -0.327 e. The second kappa shape index (κ2) is 7.04. The van der Waals surface area contributed by atoms with Crippen molar-refractivity contribution in [1.29, 1.82) is 0 Å². The van der Waals surface area contributed by atoms with Gasteiger partial charge in [0.05, 0.1) is 18.5 Å². The van der Waals surface area contributed by atoms with Gasteiger partial charge in [-0.05, 0) is 13.8 Å². The fraction of sp³-hybridized carbons (Fsp3) is 0.571. The molecule has 22 heavy (non-hydrogen) atoms. The molecular formula is C14H18N2S6. The summed E-state index contributed by atoms with van der Waals surface area (Å²) >= 11 is 12.2. The molecule has 2 nitrogen and oxygen atoms in total. The summed E-state index contributed by atoms with van der Waals surface area (Å²) in [6, 6.07) is 0. The number of rotatable bonds is 2. The van der Waals surface area contributed by atoms with Crippen molar-refractivity contribution < 1.29 is 0 Å². The average Bonchev–Trinajstić information content (AvgIpc) is 3.12. The number of hydrogen-bond donors (Lipinski definition) is 0. The molecule has 0 aromatic carbocycles. The molecule has 0 aromatic rings. The molecule has 8 heteroatoms. The first-order chi connectivity index (χ1) is 10.8. The Bertz CT molecular complexity index is 532. The van der Waals surface area contributed by atoms with Gasteiger partial charge < -0.3 is 9.80 Å². The lowest BCUT2D eigenvalue weighted by molar-refractivity contribution is 0.469. The van der Waals surface area contributed by atoms with E-state index in [2.05, 4.69) is 23.6 Å². The third-order valence-corrected chi connectivity index (χ3v) is 11.9. The van der Waals surface area contributed by atoms with Crippen LogP contribution in [0.4, 0.5) is 0 Å². The minimum absolute atomic E-state index is 1.07. The van der Waals surface area contributed by atoms with Crippen molar-refractivity contribution in [2.75, 3.05) is 36.1 Å². The summed E-state index contributed by atoms with van der Waals surface area (Å²) in [7, 11) is 0. The summed E-state index contributed by atoms with van der Waals surface area (Å²) in [4.78, 5) is 5.10. The molecule has 0 atom stereocenters. The molecule has 120 valence electrons. The highest BCUT2D eigenvalue weighted by Gasteiger charge is 2.38. The second-order valence-electron chi connectivity index (χ2n) is 4.88. The summed E-state index contributed by atoms with van der Waals surface area (Å²) in [6.07, 6.45) is 0. The molecule has 0 saturated heterocycles. The lowest BCUT2D eigenvalue weighted by Crippen LogP contribution is -2.23. The van der Waals surface area contributed by atoms with E-state index >= 15 is 0 Å². The van der Waals surface area contributed by atoms with Crippen LogP contribution in [-0.2, 0) is 0 Å². The molecule has 0 amide bonds. The van der Waals surface area contributed by atoms with Crippen LogP contribution in [0.15, 0.2) is 28.6 Å². The Morgan fingerprint density at radius 3 is 1.45 bits per heavy atom. The normalized spacial score (nSPS) is 28.6. The molecule has 0 bridgehead atoms. The van der Waals surface area contributed by atoms with Gasteiger partial charge in [-0.1, -0.05) is 23.5 Å². The Morgan fingerprint density at radius 2 is 1.05 bits per heavy atom. The van der Waals surface area contributed by atoms with Crippen molar-refractivity contribution in [2.45, 2.75) is 13.8 Å². The van der Waals surface area contributed by atoms with Crippen LogP contribution in [0, 0.1) is 0 Å². The van der Waals surface area contributed by atoms with Crippen LogP contribution in [-0.4, -0.2) is 45.9 Å². The van der Waals surface area contributed by atoms with Gasteiger partial charge in [0.25, 0.3) is 0 Å². The zero-order chi connectivity index (χ0) is 15.1. The van der Waals surface area contributed by atoms with Gasteiger partial charge in [0.1, 0.15) is 10.1 Å².